The lowest BCUT2D eigenvalue weighted by molar-refractivity contribution is -0.697. The lowest BCUT2D eigenvalue weighted by atomic mass is 9.73. The molecule has 4 heterocycles. The van der Waals surface area contributed by atoms with E-state index < -0.39 is 0 Å². The van der Waals surface area contributed by atoms with Gasteiger partial charge in [-0.15, -0.1) is 11.3 Å². The first kappa shape index (κ1) is 30.4. The number of nitrogens with zero attached hydrogens (tertiary/aromatic N) is 2. The predicted octanol–water partition coefficient (Wildman–Crippen LogP) is -3.39. The molecule has 1 spiro atoms. The van der Waals surface area contributed by atoms with E-state index in [0.717, 1.165) is 63.3 Å². The van der Waals surface area contributed by atoms with Gasteiger partial charge in [0.25, 0.3) is 0 Å². The monoisotopic (exact) mass is 566 g/mol. The molecule has 2 saturated heterocycles. The van der Waals surface area contributed by atoms with E-state index in [2.05, 4.69) is 73.6 Å². The molecule has 37 heavy (non-hydrogen) atoms. The summed E-state index contributed by atoms with van der Waals surface area (Å²) in [7, 11) is 0. The number of rotatable bonds is 5. The highest BCUT2D eigenvalue weighted by Gasteiger charge is 2.58. The second-order valence-electron chi connectivity index (χ2n) is 11.4. The Balaban J connectivity index is 0.00000190. The van der Waals surface area contributed by atoms with E-state index in [4.69, 9.17) is 4.98 Å². The molecule has 0 saturated carbocycles. The van der Waals surface area contributed by atoms with Crippen LogP contribution in [0, 0.1) is 18.8 Å². The van der Waals surface area contributed by atoms with E-state index in [-0.39, 0.29) is 36.1 Å². The maximum absolute atomic E-state index is 14.6. The third-order valence-corrected chi connectivity index (χ3v) is 10.6. The maximum Gasteiger partial charge on any atom is 0.233 e. The molecule has 5 atom stereocenters. The van der Waals surface area contributed by atoms with Crippen molar-refractivity contribution in [2.45, 2.75) is 83.2 Å². The van der Waals surface area contributed by atoms with Crippen LogP contribution < -0.4 is 35.4 Å². The van der Waals surface area contributed by atoms with E-state index in [1.165, 1.54) is 16.1 Å². The topological polar surface area (TPSA) is 66.4 Å². The summed E-state index contributed by atoms with van der Waals surface area (Å²) in [6, 6.07) is 11.9. The Morgan fingerprint density at radius 2 is 1.92 bits per heavy atom. The number of amides is 1. The smallest absolute Gasteiger partial charge is 0.233 e. The van der Waals surface area contributed by atoms with Crippen molar-refractivity contribution in [3.8, 4) is 0 Å². The van der Waals surface area contributed by atoms with Crippen molar-refractivity contribution in [2.75, 3.05) is 26.2 Å². The van der Waals surface area contributed by atoms with Crippen molar-refractivity contribution < 1.29 is 40.2 Å². The zero-order valence-electron chi connectivity index (χ0n) is 22.8. The molecule has 5 rings (SSSR count). The second-order valence-corrected chi connectivity index (χ2v) is 12.6. The number of aromatic nitrogens is 1. The number of halogens is 2. The molecule has 0 radical (unpaired) electrons. The molecular formula is C29H44Cl2N4OS. The Kier molecular flexibility index (Phi) is 10.5. The first-order chi connectivity index (χ1) is 17.0. The van der Waals surface area contributed by atoms with Crippen molar-refractivity contribution in [1.82, 2.24) is 9.88 Å². The van der Waals surface area contributed by atoms with Gasteiger partial charge in [0.2, 0.25) is 5.91 Å². The van der Waals surface area contributed by atoms with Crippen LogP contribution in [0.5, 0.6) is 0 Å². The number of likely N-dealkylation sites (tertiary alicyclic amines) is 1. The molecule has 3 aliphatic rings. The summed E-state index contributed by atoms with van der Waals surface area (Å²) in [5.41, 5.74) is 2.62. The first-order valence-corrected chi connectivity index (χ1v) is 14.8. The van der Waals surface area contributed by atoms with E-state index in [9.17, 15) is 4.79 Å². The molecule has 1 amide bonds. The SMILES string of the molecule is CCC(CC)[C@@H]1C[C@H](c2ccccc2)CCN1C(=O)[C@@H]1C[NH2+]C[C@]12C[NH2+][C@H](C)Cc1nc(C)sc12.[Cl-].[Cl-]. The summed E-state index contributed by atoms with van der Waals surface area (Å²) in [6.45, 7) is 12.9. The number of benzene rings is 1. The van der Waals surface area contributed by atoms with Crippen LogP contribution in [0.3, 0.4) is 0 Å². The summed E-state index contributed by atoms with van der Waals surface area (Å²) in [6.07, 6.45) is 5.46. The van der Waals surface area contributed by atoms with Crippen molar-refractivity contribution >= 4 is 17.2 Å². The van der Waals surface area contributed by atoms with Crippen LogP contribution in [0.2, 0.25) is 0 Å². The van der Waals surface area contributed by atoms with Gasteiger partial charge in [-0.05, 0) is 44.1 Å². The van der Waals surface area contributed by atoms with Gasteiger partial charge in [-0.2, -0.15) is 0 Å². The minimum Gasteiger partial charge on any atom is -1.00 e. The highest BCUT2D eigenvalue weighted by atomic mass is 35.5. The van der Waals surface area contributed by atoms with Gasteiger partial charge in [-0.3, -0.25) is 4.79 Å². The van der Waals surface area contributed by atoms with Gasteiger partial charge in [0.15, 0.2) is 0 Å². The van der Waals surface area contributed by atoms with Gasteiger partial charge in [-0.25, -0.2) is 4.98 Å². The molecular weight excluding hydrogens is 523 g/mol. The largest absolute Gasteiger partial charge is 1.00 e. The van der Waals surface area contributed by atoms with Gasteiger partial charge in [0, 0.05) is 23.9 Å². The average Bonchev–Trinajstić information content (AvgIpc) is 3.44. The standard InChI is InChI=1S/C29H42N4OS.2ClH/c1-5-21(6-2)26-15-23(22-10-8-7-9-11-22)12-13-33(26)28(34)24-16-30-17-29(24)18-31-19(3)14-25-27(29)35-20(4)32-25;;/h7-11,19,21,23-24,26,30-31H,5-6,12-18H2,1-4H3;2*1H/t19-,23-,24+,26+,29+;;/m1../s1. The zero-order valence-corrected chi connectivity index (χ0v) is 25.1. The van der Waals surface area contributed by atoms with Crippen LogP contribution in [0.4, 0.5) is 0 Å². The number of quaternary nitrogens is 2. The Bertz CT molecular complexity index is 1030. The number of nitrogens with two attached hydrogens (primary N) is 2. The summed E-state index contributed by atoms with van der Waals surface area (Å²) in [5.74, 6) is 1.58. The number of carbonyl (C=O) groups excluding carboxylic acids is 1. The van der Waals surface area contributed by atoms with Crippen LogP contribution in [0.1, 0.15) is 73.5 Å². The number of aryl methyl sites for hydroxylation is 1. The number of piperidine rings is 1. The van der Waals surface area contributed by atoms with Gasteiger partial charge < -0.3 is 40.3 Å². The second kappa shape index (κ2) is 12.8. The first-order valence-electron chi connectivity index (χ1n) is 13.9. The van der Waals surface area contributed by atoms with E-state index in [1.54, 1.807) is 0 Å². The molecule has 1 aromatic heterocycles. The molecule has 8 heteroatoms. The lowest BCUT2D eigenvalue weighted by Gasteiger charge is -2.45. The lowest BCUT2D eigenvalue weighted by Crippen LogP contribution is -3.00. The molecule has 1 aromatic carbocycles. The van der Waals surface area contributed by atoms with Gasteiger partial charge >= 0.3 is 0 Å². The van der Waals surface area contributed by atoms with E-state index >= 15 is 0 Å². The molecule has 5 nitrogen and oxygen atoms in total. The average molecular weight is 568 g/mol. The van der Waals surface area contributed by atoms with Gasteiger partial charge in [-0.1, -0.05) is 57.0 Å². The minimum absolute atomic E-state index is 0. The predicted molar refractivity (Wildman–Crippen MR) is 142 cm³/mol. The quantitative estimate of drug-likeness (QED) is 0.396. The Hall–Kier alpha value is -1.18. The third kappa shape index (κ3) is 5.74. The highest BCUT2D eigenvalue weighted by molar-refractivity contribution is 7.11. The highest BCUT2D eigenvalue weighted by Crippen LogP contribution is 2.43. The molecule has 2 aromatic rings. The number of fused-ring (bicyclic) bond motifs is 2. The molecule has 0 unspecified atom stereocenters. The van der Waals surface area contributed by atoms with Crippen LogP contribution in [-0.2, 0) is 16.6 Å². The van der Waals surface area contributed by atoms with Crippen LogP contribution in [-0.4, -0.2) is 54.1 Å². The fourth-order valence-corrected chi connectivity index (χ4v) is 8.57. The molecule has 0 aliphatic carbocycles. The van der Waals surface area contributed by atoms with E-state index in [0.29, 0.717) is 29.8 Å². The van der Waals surface area contributed by atoms with Crippen LogP contribution >= 0.6 is 11.3 Å². The summed E-state index contributed by atoms with van der Waals surface area (Å²) < 4.78 is 0. The number of hydrogen-bond acceptors (Lipinski definition) is 3. The van der Waals surface area contributed by atoms with Crippen molar-refractivity contribution in [3.63, 3.8) is 0 Å². The normalized spacial score (nSPS) is 29.4. The Morgan fingerprint density at radius 3 is 2.62 bits per heavy atom. The molecule has 2 fully saturated rings. The van der Waals surface area contributed by atoms with Gasteiger partial charge in [0.1, 0.15) is 11.3 Å². The molecule has 0 bridgehead atoms. The zero-order chi connectivity index (χ0) is 24.6. The fraction of sp³-hybridized carbons (Fsp3) is 0.655. The van der Waals surface area contributed by atoms with Gasteiger partial charge in [0.05, 0.1) is 36.4 Å². The Labute approximate surface area is 239 Å². The molecule has 3 aliphatic heterocycles. The number of carbonyl (C=O) groups is 1. The van der Waals surface area contributed by atoms with Crippen molar-refractivity contribution in [3.05, 3.63) is 51.5 Å². The van der Waals surface area contributed by atoms with E-state index in [1.807, 2.05) is 11.3 Å². The van der Waals surface area contributed by atoms with Crippen molar-refractivity contribution in [1.29, 1.82) is 0 Å². The molecule has 4 N–H and O–H groups in total. The molecule has 206 valence electrons. The minimum atomic E-state index is -0.0855. The van der Waals surface area contributed by atoms with Crippen LogP contribution in [0.15, 0.2) is 30.3 Å². The maximum atomic E-state index is 14.6. The third-order valence-electron chi connectivity index (χ3n) is 9.32. The fourth-order valence-electron chi connectivity index (χ4n) is 7.36. The van der Waals surface area contributed by atoms with Crippen LogP contribution in [0.25, 0.3) is 0 Å². The van der Waals surface area contributed by atoms with Crippen molar-refractivity contribution in [2.24, 2.45) is 11.8 Å². The number of hydrogen-bond donors (Lipinski definition) is 2. The number of thiazole rings is 1. The summed E-state index contributed by atoms with van der Waals surface area (Å²) in [4.78, 5) is 23.3. The summed E-state index contributed by atoms with van der Waals surface area (Å²) >= 11 is 1.86. The summed E-state index contributed by atoms with van der Waals surface area (Å²) in [5, 5.41) is 6.05. The Morgan fingerprint density at radius 1 is 1.19 bits per heavy atom.